The fourth-order valence-corrected chi connectivity index (χ4v) is 3.90. The second kappa shape index (κ2) is 5.96. The lowest BCUT2D eigenvalue weighted by molar-refractivity contribution is 0.358. The fraction of sp³-hybridized carbons (Fsp3) is 0.500. The first-order chi connectivity index (χ1) is 10.4. The van der Waals surface area contributed by atoms with E-state index in [0.29, 0.717) is 19.0 Å². The van der Waals surface area contributed by atoms with Gasteiger partial charge in [0.05, 0.1) is 19.3 Å². The molecule has 2 heterocycles. The Morgan fingerprint density at radius 1 is 1.09 bits per heavy atom. The zero-order chi connectivity index (χ0) is 15.7. The van der Waals surface area contributed by atoms with Gasteiger partial charge in [0.2, 0.25) is 16.0 Å². The van der Waals surface area contributed by atoms with E-state index in [0.717, 1.165) is 36.9 Å². The number of benzene rings is 1. The Morgan fingerprint density at radius 3 is 2.41 bits per heavy atom. The highest BCUT2D eigenvalue weighted by Crippen LogP contribution is 2.21. The van der Waals surface area contributed by atoms with Crippen LogP contribution in [-0.4, -0.2) is 69.1 Å². The molecule has 0 unspecified atom stereocenters. The van der Waals surface area contributed by atoms with Crippen LogP contribution in [0.5, 0.6) is 0 Å². The topological polar surface area (TPSA) is 56.2 Å². The van der Waals surface area contributed by atoms with Gasteiger partial charge in [-0.1, -0.05) is 17.7 Å². The van der Waals surface area contributed by atoms with Crippen LogP contribution in [0.3, 0.4) is 0 Å². The van der Waals surface area contributed by atoms with Crippen molar-refractivity contribution in [2.45, 2.75) is 0 Å². The molecule has 0 amide bonds. The van der Waals surface area contributed by atoms with E-state index >= 15 is 0 Å². The second-order valence-corrected chi connectivity index (χ2v) is 7.81. The molecule has 3 rings (SSSR count). The van der Waals surface area contributed by atoms with Crippen molar-refractivity contribution in [2.24, 2.45) is 4.99 Å². The van der Waals surface area contributed by atoms with Crippen LogP contribution >= 0.6 is 11.6 Å². The third-order valence-corrected chi connectivity index (χ3v) is 5.30. The molecule has 0 aliphatic carbocycles. The number of anilines is 1. The van der Waals surface area contributed by atoms with Crippen molar-refractivity contribution in [3.8, 4) is 0 Å². The van der Waals surface area contributed by atoms with Gasteiger partial charge in [-0.3, -0.25) is 4.99 Å². The third-order valence-electron chi connectivity index (χ3n) is 3.92. The third kappa shape index (κ3) is 3.15. The Hall–Kier alpha value is -1.47. The van der Waals surface area contributed by atoms with E-state index in [1.165, 1.54) is 10.6 Å². The minimum atomic E-state index is -3.24. The van der Waals surface area contributed by atoms with Crippen molar-refractivity contribution in [1.29, 1.82) is 0 Å². The number of aliphatic imine (C=N–C) groups is 1. The van der Waals surface area contributed by atoms with E-state index in [1.807, 2.05) is 24.3 Å². The summed E-state index contributed by atoms with van der Waals surface area (Å²) in [4.78, 5) is 8.67. The van der Waals surface area contributed by atoms with Gasteiger partial charge in [0, 0.05) is 36.9 Å². The Morgan fingerprint density at radius 2 is 1.77 bits per heavy atom. The van der Waals surface area contributed by atoms with Crippen LogP contribution < -0.4 is 4.90 Å². The van der Waals surface area contributed by atoms with E-state index in [2.05, 4.69) is 14.8 Å². The summed E-state index contributed by atoms with van der Waals surface area (Å²) in [5.41, 5.74) is 1.10. The Kier molecular flexibility index (Phi) is 4.18. The zero-order valence-corrected chi connectivity index (χ0v) is 14.0. The molecule has 8 heteroatoms. The molecular formula is C14H19ClN4O2S. The number of hydrogen-bond donors (Lipinski definition) is 0. The first-order valence-corrected chi connectivity index (χ1v) is 9.45. The highest BCUT2D eigenvalue weighted by atomic mass is 35.5. The summed E-state index contributed by atoms with van der Waals surface area (Å²) in [7, 11) is -3.24. The van der Waals surface area contributed by atoms with Crippen molar-refractivity contribution in [3.05, 3.63) is 29.3 Å². The van der Waals surface area contributed by atoms with Crippen molar-refractivity contribution < 1.29 is 8.42 Å². The van der Waals surface area contributed by atoms with Crippen molar-refractivity contribution in [2.75, 3.05) is 50.4 Å². The fourth-order valence-electron chi connectivity index (χ4n) is 2.83. The number of sulfonamides is 1. The summed E-state index contributed by atoms with van der Waals surface area (Å²) in [6.45, 7) is 4.11. The molecule has 2 aliphatic heterocycles. The van der Waals surface area contributed by atoms with Gasteiger partial charge in [-0.05, 0) is 18.2 Å². The summed E-state index contributed by atoms with van der Waals surface area (Å²) in [5.74, 6) is 0.591. The SMILES string of the molecule is CS(=O)(=O)N1CCN=C1N1CCN(c2cccc(Cl)c2)CC1. The van der Waals surface area contributed by atoms with Gasteiger partial charge in [-0.2, -0.15) is 0 Å². The molecule has 0 aromatic heterocycles. The summed E-state index contributed by atoms with van der Waals surface area (Å²) in [5, 5.41) is 0.725. The minimum absolute atomic E-state index is 0.447. The van der Waals surface area contributed by atoms with Gasteiger partial charge in [-0.15, -0.1) is 0 Å². The average molecular weight is 343 g/mol. The van der Waals surface area contributed by atoms with Crippen LogP contribution in [0.2, 0.25) is 5.02 Å². The number of halogens is 1. The van der Waals surface area contributed by atoms with Crippen LogP contribution in [0.15, 0.2) is 29.3 Å². The molecular weight excluding hydrogens is 324 g/mol. The quantitative estimate of drug-likeness (QED) is 0.807. The average Bonchev–Trinajstić information content (AvgIpc) is 2.97. The highest BCUT2D eigenvalue weighted by Gasteiger charge is 2.31. The van der Waals surface area contributed by atoms with Gasteiger partial charge >= 0.3 is 0 Å². The molecule has 0 bridgehead atoms. The van der Waals surface area contributed by atoms with Gasteiger partial charge in [0.15, 0.2) is 0 Å². The Labute approximate surface area is 136 Å². The van der Waals surface area contributed by atoms with E-state index < -0.39 is 10.0 Å². The Balaban J connectivity index is 1.67. The molecule has 0 saturated carbocycles. The summed E-state index contributed by atoms with van der Waals surface area (Å²) in [6, 6.07) is 7.79. The number of piperazine rings is 1. The van der Waals surface area contributed by atoms with Crippen molar-refractivity contribution in [3.63, 3.8) is 0 Å². The highest BCUT2D eigenvalue weighted by molar-refractivity contribution is 7.88. The zero-order valence-electron chi connectivity index (χ0n) is 12.4. The lowest BCUT2D eigenvalue weighted by atomic mass is 10.2. The van der Waals surface area contributed by atoms with E-state index in [4.69, 9.17) is 11.6 Å². The monoisotopic (exact) mass is 342 g/mol. The maximum atomic E-state index is 11.8. The predicted molar refractivity (Wildman–Crippen MR) is 89.1 cm³/mol. The molecule has 120 valence electrons. The smallest absolute Gasteiger partial charge is 0.234 e. The van der Waals surface area contributed by atoms with E-state index in [-0.39, 0.29) is 0 Å². The predicted octanol–water partition coefficient (Wildman–Crippen LogP) is 1.09. The molecule has 0 N–H and O–H groups in total. The van der Waals surface area contributed by atoms with Crippen LogP contribution in [0, 0.1) is 0 Å². The van der Waals surface area contributed by atoms with E-state index in [9.17, 15) is 8.42 Å². The van der Waals surface area contributed by atoms with E-state index in [1.54, 1.807) is 0 Å². The lowest BCUT2D eigenvalue weighted by Gasteiger charge is -2.38. The first kappa shape index (κ1) is 15.4. The number of guanidine groups is 1. The maximum Gasteiger partial charge on any atom is 0.234 e. The summed E-state index contributed by atoms with van der Waals surface area (Å²) < 4.78 is 25.0. The first-order valence-electron chi connectivity index (χ1n) is 7.23. The molecule has 1 aromatic rings. The normalized spacial score (nSPS) is 19.5. The molecule has 22 heavy (non-hydrogen) atoms. The molecule has 0 radical (unpaired) electrons. The number of hydrogen-bond acceptors (Lipinski definition) is 5. The standard InChI is InChI=1S/C14H19ClN4O2S/c1-22(20,21)19-6-5-16-14(19)18-9-7-17(8-10-18)13-4-2-3-12(15)11-13/h2-4,11H,5-10H2,1H3. The Bertz CT molecular complexity index is 684. The van der Waals surface area contributed by atoms with Crippen molar-refractivity contribution >= 4 is 33.3 Å². The molecule has 1 fully saturated rings. The van der Waals surface area contributed by atoms with Crippen molar-refractivity contribution in [1.82, 2.24) is 9.21 Å². The second-order valence-electron chi connectivity index (χ2n) is 5.47. The van der Waals surface area contributed by atoms with Crippen LogP contribution in [0.1, 0.15) is 0 Å². The van der Waals surface area contributed by atoms with Gasteiger partial charge < -0.3 is 9.80 Å². The summed E-state index contributed by atoms with van der Waals surface area (Å²) in [6.07, 6.45) is 1.23. The maximum absolute atomic E-state index is 11.8. The molecule has 0 spiro atoms. The van der Waals surface area contributed by atoms with Crippen LogP contribution in [0.4, 0.5) is 5.69 Å². The number of rotatable bonds is 2. The molecule has 6 nitrogen and oxygen atoms in total. The van der Waals surface area contributed by atoms with Crippen LogP contribution in [-0.2, 0) is 10.0 Å². The molecule has 1 saturated heterocycles. The molecule has 2 aliphatic rings. The van der Waals surface area contributed by atoms with Gasteiger partial charge in [0.25, 0.3) is 0 Å². The molecule has 1 aromatic carbocycles. The number of nitrogens with zero attached hydrogens (tertiary/aromatic N) is 4. The van der Waals surface area contributed by atoms with Crippen LogP contribution in [0.25, 0.3) is 0 Å². The largest absolute Gasteiger partial charge is 0.368 e. The lowest BCUT2D eigenvalue weighted by Crippen LogP contribution is -2.53. The molecule has 0 atom stereocenters. The summed E-state index contributed by atoms with van der Waals surface area (Å²) >= 11 is 6.04. The van der Waals surface area contributed by atoms with Gasteiger partial charge in [0.1, 0.15) is 0 Å². The minimum Gasteiger partial charge on any atom is -0.368 e. The van der Waals surface area contributed by atoms with Gasteiger partial charge in [-0.25, -0.2) is 12.7 Å².